The molecule has 0 bridgehead atoms. The van der Waals surface area contributed by atoms with E-state index in [9.17, 15) is 4.79 Å². The van der Waals surface area contributed by atoms with Crippen molar-refractivity contribution in [3.63, 3.8) is 0 Å². The third-order valence-electron chi connectivity index (χ3n) is 3.51. The molecule has 0 N–H and O–H groups in total. The lowest BCUT2D eigenvalue weighted by atomic mass is 10.1. The van der Waals surface area contributed by atoms with Gasteiger partial charge in [-0.1, -0.05) is 30.3 Å². The Morgan fingerprint density at radius 1 is 1.29 bits per heavy atom. The molecule has 4 heteroatoms. The third kappa shape index (κ3) is 3.60. The van der Waals surface area contributed by atoms with Gasteiger partial charge in [-0.25, -0.2) is 4.79 Å². The zero-order valence-corrected chi connectivity index (χ0v) is 12.8. The normalized spacial score (nSPS) is 12.6. The summed E-state index contributed by atoms with van der Waals surface area (Å²) >= 11 is 0. The Bertz CT molecular complexity index is 657. The molecule has 0 aliphatic heterocycles. The zero-order valence-electron chi connectivity index (χ0n) is 12.8. The molecule has 4 nitrogen and oxygen atoms in total. The van der Waals surface area contributed by atoms with Crippen molar-refractivity contribution < 1.29 is 9.53 Å². The molecule has 0 amide bonds. The van der Waals surface area contributed by atoms with Crippen molar-refractivity contribution in [2.75, 3.05) is 0 Å². The predicted molar refractivity (Wildman–Crippen MR) is 82.7 cm³/mol. The van der Waals surface area contributed by atoms with Crippen LogP contribution in [0.4, 0.5) is 0 Å². The second kappa shape index (κ2) is 6.39. The Morgan fingerprint density at radius 2 is 1.95 bits per heavy atom. The smallest absolute Gasteiger partial charge is 0.331 e. The van der Waals surface area contributed by atoms with Gasteiger partial charge in [-0.3, -0.25) is 4.68 Å². The van der Waals surface area contributed by atoms with Gasteiger partial charge < -0.3 is 4.74 Å². The van der Waals surface area contributed by atoms with Crippen molar-refractivity contribution in [3.05, 3.63) is 58.9 Å². The van der Waals surface area contributed by atoms with Gasteiger partial charge in [0, 0.05) is 24.4 Å². The summed E-state index contributed by atoms with van der Waals surface area (Å²) in [7, 11) is 1.88. The van der Waals surface area contributed by atoms with Crippen LogP contribution in [-0.2, 0) is 16.6 Å². The minimum Gasteiger partial charge on any atom is -0.455 e. The number of carbonyl (C=O) groups is 1. The number of nitrogens with zero attached hydrogens (tertiary/aromatic N) is 2. The largest absolute Gasteiger partial charge is 0.455 e. The quantitative estimate of drug-likeness (QED) is 0.639. The highest BCUT2D eigenvalue weighted by atomic mass is 16.5. The van der Waals surface area contributed by atoms with Gasteiger partial charge in [0.05, 0.1) is 5.69 Å². The average Bonchev–Trinajstić information content (AvgIpc) is 2.71. The van der Waals surface area contributed by atoms with Gasteiger partial charge in [-0.15, -0.1) is 0 Å². The van der Waals surface area contributed by atoms with Gasteiger partial charge in [-0.2, -0.15) is 5.10 Å². The van der Waals surface area contributed by atoms with E-state index < -0.39 is 0 Å². The summed E-state index contributed by atoms with van der Waals surface area (Å²) in [6.07, 6.45) is 2.95. The number of rotatable bonds is 4. The van der Waals surface area contributed by atoms with Crippen molar-refractivity contribution in [3.8, 4) is 0 Å². The Morgan fingerprint density at radius 3 is 2.52 bits per heavy atom. The molecule has 2 rings (SSSR count). The first-order chi connectivity index (χ1) is 9.99. The molecular weight excluding hydrogens is 264 g/mol. The summed E-state index contributed by atoms with van der Waals surface area (Å²) in [5.41, 5.74) is 3.86. The SMILES string of the molecule is Cc1nn(C)c(C)c1/C=C/C(=O)O[C@@H](C)c1ccccc1. The van der Waals surface area contributed by atoms with E-state index in [0.29, 0.717) is 0 Å². The van der Waals surface area contributed by atoms with E-state index in [-0.39, 0.29) is 12.1 Å². The van der Waals surface area contributed by atoms with Crippen LogP contribution < -0.4 is 0 Å². The van der Waals surface area contributed by atoms with Crippen LogP contribution in [0, 0.1) is 13.8 Å². The van der Waals surface area contributed by atoms with Crippen molar-refractivity contribution in [1.29, 1.82) is 0 Å². The summed E-state index contributed by atoms with van der Waals surface area (Å²) in [5.74, 6) is -0.353. The molecule has 0 saturated carbocycles. The third-order valence-corrected chi connectivity index (χ3v) is 3.51. The van der Waals surface area contributed by atoms with E-state index in [1.807, 2.05) is 58.2 Å². The summed E-state index contributed by atoms with van der Waals surface area (Å²) < 4.78 is 7.19. The minimum atomic E-state index is -0.353. The summed E-state index contributed by atoms with van der Waals surface area (Å²) in [5, 5.41) is 4.31. The van der Waals surface area contributed by atoms with Gasteiger partial charge >= 0.3 is 5.97 Å². The summed E-state index contributed by atoms with van der Waals surface area (Å²) in [4.78, 5) is 11.9. The molecule has 0 radical (unpaired) electrons. The molecule has 0 unspecified atom stereocenters. The molecule has 1 aromatic carbocycles. The standard InChI is InChI=1S/C17H20N2O2/c1-12-16(13(2)19(4)18-12)10-11-17(20)21-14(3)15-8-6-5-7-9-15/h5-11,14H,1-4H3/b11-10+/t14-/m0/s1. The first-order valence-electron chi connectivity index (χ1n) is 6.93. The van der Waals surface area contributed by atoms with E-state index in [1.54, 1.807) is 10.8 Å². The molecule has 21 heavy (non-hydrogen) atoms. The molecule has 0 spiro atoms. The lowest BCUT2D eigenvalue weighted by Crippen LogP contribution is -2.05. The highest BCUT2D eigenvalue weighted by molar-refractivity contribution is 5.87. The molecular formula is C17H20N2O2. The fourth-order valence-electron chi connectivity index (χ4n) is 2.19. The molecule has 0 fully saturated rings. The van der Waals surface area contributed by atoms with E-state index in [2.05, 4.69) is 5.10 Å². The van der Waals surface area contributed by atoms with Gasteiger partial charge in [0.1, 0.15) is 6.10 Å². The van der Waals surface area contributed by atoms with Crippen LogP contribution in [0.3, 0.4) is 0 Å². The maximum atomic E-state index is 11.9. The highest BCUT2D eigenvalue weighted by Crippen LogP contribution is 2.17. The van der Waals surface area contributed by atoms with Crippen molar-refractivity contribution in [1.82, 2.24) is 9.78 Å². The van der Waals surface area contributed by atoms with Crippen LogP contribution in [-0.4, -0.2) is 15.7 Å². The van der Waals surface area contributed by atoms with E-state index in [0.717, 1.165) is 22.5 Å². The second-order valence-corrected chi connectivity index (χ2v) is 5.03. The van der Waals surface area contributed by atoms with Crippen molar-refractivity contribution >= 4 is 12.0 Å². The average molecular weight is 284 g/mol. The minimum absolute atomic E-state index is 0.264. The van der Waals surface area contributed by atoms with Crippen molar-refractivity contribution in [2.45, 2.75) is 26.9 Å². The molecule has 1 heterocycles. The van der Waals surface area contributed by atoms with Crippen LogP contribution in [0.25, 0.3) is 6.08 Å². The fraction of sp³-hybridized carbons (Fsp3) is 0.294. The molecule has 0 aliphatic carbocycles. The lowest BCUT2D eigenvalue weighted by molar-refractivity contribution is -0.142. The van der Waals surface area contributed by atoms with E-state index >= 15 is 0 Å². The monoisotopic (exact) mass is 284 g/mol. The molecule has 110 valence electrons. The molecule has 1 atom stereocenters. The Hall–Kier alpha value is -2.36. The molecule has 0 aliphatic rings. The van der Waals surface area contributed by atoms with E-state index in [4.69, 9.17) is 4.74 Å². The molecule has 2 aromatic rings. The van der Waals surface area contributed by atoms with Crippen molar-refractivity contribution in [2.24, 2.45) is 7.05 Å². The molecule has 1 aromatic heterocycles. The first kappa shape index (κ1) is 15.0. The predicted octanol–water partition coefficient (Wildman–Crippen LogP) is 3.35. The van der Waals surface area contributed by atoms with Gasteiger partial charge in [-0.05, 0) is 32.4 Å². The summed E-state index contributed by atoms with van der Waals surface area (Å²) in [6.45, 7) is 5.75. The number of aryl methyl sites for hydroxylation is 2. The Labute approximate surface area is 125 Å². The topological polar surface area (TPSA) is 44.1 Å². The number of hydrogen-bond acceptors (Lipinski definition) is 3. The van der Waals surface area contributed by atoms with Crippen LogP contribution >= 0.6 is 0 Å². The Balaban J connectivity index is 2.03. The van der Waals surface area contributed by atoms with Gasteiger partial charge in [0.15, 0.2) is 0 Å². The maximum absolute atomic E-state index is 11.9. The molecule has 0 saturated heterocycles. The van der Waals surface area contributed by atoms with Crippen LogP contribution in [0.2, 0.25) is 0 Å². The van der Waals surface area contributed by atoms with Gasteiger partial charge in [0.2, 0.25) is 0 Å². The van der Waals surface area contributed by atoms with Crippen LogP contribution in [0.5, 0.6) is 0 Å². The highest BCUT2D eigenvalue weighted by Gasteiger charge is 2.10. The number of benzene rings is 1. The van der Waals surface area contributed by atoms with Crippen LogP contribution in [0.15, 0.2) is 36.4 Å². The van der Waals surface area contributed by atoms with Gasteiger partial charge in [0.25, 0.3) is 0 Å². The fourth-order valence-corrected chi connectivity index (χ4v) is 2.19. The first-order valence-corrected chi connectivity index (χ1v) is 6.93. The van der Waals surface area contributed by atoms with Crippen LogP contribution in [0.1, 0.15) is 35.5 Å². The number of carbonyl (C=O) groups excluding carboxylic acids is 1. The number of ether oxygens (including phenoxy) is 1. The number of hydrogen-bond donors (Lipinski definition) is 0. The number of aromatic nitrogens is 2. The summed E-state index contributed by atoms with van der Waals surface area (Å²) in [6, 6.07) is 9.68. The van der Waals surface area contributed by atoms with E-state index in [1.165, 1.54) is 6.08 Å². The maximum Gasteiger partial charge on any atom is 0.331 e. The second-order valence-electron chi connectivity index (χ2n) is 5.03. The lowest BCUT2D eigenvalue weighted by Gasteiger charge is -2.11. The zero-order chi connectivity index (χ0) is 15.4. The Kier molecular flexibility index (Phi) is 4.58. The number of esters is 1.